The maximum Gasteiger partial charge on any atom is 0.257 e. The number of aryl methyl sites for hydroxylation is 1. The molecule has 1 aliphatic rings. The number of amides is 5. The van der Waals surface area contributed by atoms with Crippen molar-refractivity contribution in [2.45, 2.75) is 78.6 Å². The molecule has 280 valence electrons. The van der Waals surface area contributed by atoms with Gasteiger partial charge in [0.15, 0.2) is 11.6 Å². The number of carbonyl (C=O) groups excluding carboxylic acids is 5. The fourth-order valence-corrected chi connectivity index (χ4v) is 6.10. The van der Waals surface area contributed by atoms with E-state index in [1.807, 2.05) is 50.2 Å². The third kappa shape index (κ3) is 9.90. The van der Waals surface area contributed by atoms with Crippen molar-refractivity contribution in [3.63, 3.8) is 0 Å². The van der Waals surface area contributed by atoms with Crippen LogP contribution in [0.3, 0.4) is 0 Å². The first-order chi connectivity index (χ1) is 25.4. The number of aromatic nitrogens is 6. The van der Waals surface area contributed by atoms with Gasteiger partial charge in [0, 0.05) is 38.7 Å². The van der Waals surface area contributed by atoms with Crippen LogP contribution in [0, 0.1) is 19.8 Å². The zero-order valence-electron chi connectivity index (χ0n) is 30.7. The highest BCUT2D eigenvalue weighted by molar-refractivity contribution is 5.95. The molecule has 1 aromatic carbocycles. The minimum atomic E-state index is -0.984. The van der Waals surface area contributed by atoms with Crippen LogP contribution in [0.4, 0.5) is 0 Å². The molecule has 5 amide bonds. The second-order valence-corrected chi connectivity index (χ2v) is 13.4. The Morgan fingerprint density at radius 2 is 1.68 bits per heavy atom. The molecule has 4 heterocycles. The maximum absolute atomic E-state index is 13.9. The Hall–Kier alpha value is -5.93. The van der Waals surface area contributed by atoms with Gasteiger partial charge >= 0.3 is 0 Å². The van der Waals surface area contributed by atoms with Crippen LogP contribution < -0.4 is 21.3 Å². The van der Waals surface area contributed by atoms with E-state index in [-0.39, 0.29) is 69.1 Å². The Labute approximate surface area is 308 Å². The summed E-state index contributed by atoms with van der Waals surface area (Å²) in [6, 6.07) is 12.1. The van der Waals surface area contributed by atoms with Crippen LogP contribution in [0.25, 0.3) is 5.82 Å². The van der Waals surface area contributed by atoms with E-state index < -0.39 is 29.9 Å². The van der Waals surface area contributed by atoms with Crippen molar-refractivity contribution in [1.82, 2.24) is 55.7 Å². The van der Waals surface area contributed by atoms with E-state index in [0.29, 0.717) is 28.7 Å². The summed E-state index contributed by atoms with van der Waals surface area (Å²) < 4.78 is 3.05. The molecule has 0 saturated heterocycles. The summed E-state index contributed by atoms with van der Waals surface area (Å²) in [6.07, 6.45) is 3.63. The molecule has 3 aromatic heterocycles. The molecule has 16 heteroatoms. The Morgan fingerprint density at radius 1 is 0.925 bits per heavy atom. The van der Waals surface area contributed by atoms with Gasteiger partial charge in [0.2, 0.25) is 23.6 Å². The summed E-state index contributed by atoms with van der Waals surface area (Å²) in [7, 11) is 0. The topological polar surface area (TPSA) is 198 Å². The van der Waals surface area contributed by atoms with Crippen molar-refractivity contribution < 1.29 is 24.0 Å². The molecule has 1 aliphatic heterocycles. The molecule has 0 unspecified atom stereocenters. The SMILES string of the molecule is Cc1nc2n(n1)CC(=O)NCCN(C(=O)c1cnn(-c3ccccn3)c1C)CCCC(=O)N[C@@H](C)C(=O)N[C@H](Cc1ccccc1)C(=O)N[C@H]2C(C)C. The van der Waals surface area contributed by atoms with Gasteiger partial charge in [-0.25, -0.2) is 19.3 Å². The molecule has 0 saturated carbocycles. The quantitative estimate of drug-likeness (QED) is 0.236. The van der Waals surface area contributed by atoms with Crippen LogP contribution in [0.1, 0.15) is 72.9 Å². The summed E-state index contributed by atoms with van der Waals surface area (Å²) in [4.78, 5) is 78.0. The smallest absolute Gasteiger partial charge is 0.257 e. The molecule has 5 rings (SSSR count). The number of nitrogens with zero attached hydrogens (tertiary/aromatic N) is 7. The number of rotatable bonds is 5. The Balaban J connectivity index is 1.41. The van der Waals surface area contributed by atoms with Crippen LogP contribution in [0.15, 0.2) is 60.9 Å². The predicted octanol–water partition coefficient (Wildman–Crippen LogP) is 1.57. The lowest BCUT2D eigenvalue weighted by atomic mass is 10.0. The standard InChI is InChI=1S/C37H47N11O5/c1-23(2)33-34-42-26(5)45-47(34)22-32(50)39-17-19-46(37(53)28-21-40-48(25(28)4)30-14-9-10-16-38-30)18-11-15-31(49)41-24(3)35(51)43-29(36(52)44-33)20-27-12-7-6-8-13-27/h6-10,12-14,16,21,23-24,29,33H,11,15,17-20,22H2,1-5H3,(H,39,50)(H,41,49)(H,43,51)(H,44,52)/t24-,29+,33-/m0/s1. The number of pyridine rings is 1. The van der Waals surface area contributed by atoms with E-state index in [1.165, 1.54) is 10.9 Å². The van der Waals surface area contributed by atoms with Gasteiger partial charge in [0.1, 0.15) is 24.5 Å². The van der Waals surface area contributed by atoms with Gasteiger partial charge < -0.3 is 26.2 Å². The predicted molar refractivity (Wildman–Crippen MR) is 194 cm³/mol. The number of nitrogens with one attached hydrogen (secondary N) is 4. The highest BCUT2D eigenvalue weighted by atomic mass is 16.2. The fourth-order valence-electron chi connectivity index (χ4n) is 6.10. The molecule has 0 radical (unpaired) electrons. The second-order valence-electron chi connectivity index (χ2n) is 13.4. The molecule has 16 nitrogen and oxygen atoms in total. The molecule has 0 spiro atoms. The summed E-state index contributed by atoms with van der Waals surface area (Å²) in [5.74, 6) is -0.850. The fraction of sp³-hybridized carbons (Fsp3) is 0.432. The molecular weight excluding hydrogens is 678 g/mol. The summed E-state index contributed by atoms with van der Waals surface area (Å²) in [5.41, 5.74) is 1.78. The number of benzene rings is 1. The van der Waals surface area contributed by atoms with Crippen LogP contribution in [0.5, 0.6) is 0 Å². The molecule has 4 N–H and O–H groups in total. The van der Waals surface area contributed by atoms with E-state index in [4.69, 9.17) is 0 Å². The third-order valence-electron chi connectivity index (χ3n) is 8.96. The third-order valence-corrected chi connectivity index (χ3v) is 8.96. The number of fused-ring (bicyclic) bond motifs is 1. The average molecular weight is 726 g/mol. The van der Waals surface area contributed by atoms with Crippen molar-refractivity contribution in [1.29, 1.82) is 0 Å². The lowest BCUT2D eigenvalue weighted by molar-refractivity contribution is -0.132. The van der Waals surface area contributed by atoms with Crippen molar-refractivity contribution in [3.05, 3.63) is 89.4 Å². The van der Waals surface area contributed by atoms with Crippen molar-refractivity contribution in [2.75, 3.05) is 19.6 Å². The monoisotopic (exact) mass is 725 g/mol. The summed E-state index contributed by atoms with van der Waals surface area (Å²) >= 11 is 0. The van der Waals surface area contributed by atoms with E-state index in [1.54, 1.807) is 48.7 Å². The molecule has 0 bridgehead atoms. The van der Waals surface area contributed by atoms with Crippen LogP contribution in [0.2, 0.25) is 0 Å². The largest absolute Gasteiger partial charge is 0.353 e. The lowest BCUT2D eigenvalue weighted by Crippen LogP contribution is -2.54. The first-order valence-corrected chi connectivity index (χ1v) is 17.8. The van der Waals surface area contributed by atoms with Gasteiger partial charge in [-0.15, -0.1) is 0 Å². The Kier molecular flexibility index (Phi) is 12.7. The van der Waals surface area contributed by atoms with Gasteiger partial charge in [-0.3, -0.25) is 24.0 Å². The second kappa shape index (κ2) is 17.5. The van der Waals surface area contributed by atoms with Crippen LogP contribution in [-0.4, -0.2) is 95.7 Å². The summed E-state index contributed by atoms with van der Waals surface area (Å²) in [6.45, 7) is 9.14. The van der Waals surface area contributed by atoms with Gasteiger partial charge in [0.25, 0.3) is 5.91 Å². The minimum Gasteiger partial charge on any atom is -0.353 e. The number of hydrogen-bond donors (Lipinski definition) is 4. The molecule has 3 atom stereocenters. The Bertz CT molecular complexity index is 1910. The van der Waals surface area contributed by atoms with Crippen molar-refractivity contribution in [3.8, 4) is 5.82 Å². The highest BCUT2D eigenvalue weighted by Crippen LogP contribution is 2.21. The van der Waals surface area contributed by atoms with Crippen LogP contribution in [-0.2, 0) is 32.1 Å². The molecule has 0 fully saturated rings. The van der Waals surface area contributed by atoms with Gasteiger partial charge in [0.05, 0.1) is 23.5 Å². The maximum atomic E-state index is 13.9. The Morgan fingerprint density at radius 3 is 2.40 bits per heavy atom. The zero-order chi connectivity index (χ0) is 38.1. The van der Waals surface area contributed by atoms with E-state index in [0.717, 1.165) is 5.56 Å². The zero-order valence-corrected chi connectivity index (χ0v) is 30.7. The van der Waals surface area contributed by atoms with Gasteiger partial charge in [-0.1, -0.05) is 50.2 Å². The first-order valence-electron chi connectivity index (χ1n) is 17.8. The highest BCUT2D eigenvalue weighted by Gasteiger charge is 2.31. The van der Waals surface area contributed by atoms with Crippen molar-refractivity contribution >= 4 is 29.5 Å². The van der Waals surface area contributed by atoms with E-state index in [9.17, 15) is 24.0 Å². The van der Waals surface area contributed by atoms with Gasteiger partial charge in [-0.2, -0.15) is 10.2 Å². The normalized spacial score (nSPS) is 19.8. The number of carbonyl (C=O) groups is 5. The van der Waals surface area contributed by atoms with Crippen LogP contribution >= 0.6 is 0 Å². The van der Waals surface area contributed by atoms with E-state index >= 15 is 0 Å². The molecule has 4 aromatic rings. The minimum absolute atomic E-state index is 0.0262. The lowest BCUT2D eigenvalue weighted by Gasteiger charge is -2.27. The molecule has 0 aliphatic carbocycles. The summed E-state index contributed by atoms with van der Waals surface area (Å²) in [5, 5.41) is 20.3. The average Bonchev–Trinajstić information content (AvgIpc) is 3.70. The molecular formula is C37H47N11O5. The van der Waals surface area contributed by atoms with E-state index in [2.05, 4.69) is 41.4 Å². The van der Waals surface area contributed by atoms with Crippen molar-refractivity contribution in [2.24, 2.45) is 5.92 Å². The molecule has 53 heavy (non-hydrogen) atoms. The van der Waals surface area contributed by atoms with Gasteiger partial charge in [-0.05, 0) is 50.8 Å². The first kappa shape index (κ1) is 38.3. The number of hydrogen-bond acceptors (Lipinski definition) is 9.